The Morgan fingerprint density at radius 3 is 2.55 bits per heavy atom. The first kappa shape index (κ1) is 19.8. The number of aromatic nitrogens is 2. The molecule has 0 spiro atoms. The summed E-state index contributed by atoms with van der Waals surface area (Å²) in [7, 11) is 0. The van der Waals surface area contributed by atoms with Crippen LogP contribution in [-0.2, 0) is 4.79 Å². The van der Waals surface area contributed by atoms with Gasteiger partial charge in [0.15, 0.2) is 0 Å². The molecular formula is C21H24BrN5O2. The van der Waals surface area contributed by atoms with E-state index < -0.39 is 6.04 Å². The Balaban J connectivity index is 1.45. The fraction of sp³-hybridized carbons (Fsp3) is 0.429. The molecule has 0 radical (unpaired) electrons. The molecule has 1 atom stereocenters. The SMILES string of the molecule is O=C(NC1CCCN(c2ccc(Br)cc2)C1=O)c1ccnc(N2CCCCC2)n1. The highest BCUT2D eigenvalue weighted by Gasteiger charge is 2.31. The van der Waals surface area contributed by atoms with Gasteiger partial charge in [-0.25, -0.2) is 9.97 Å². The zero-order valence-electron chi connectivity index (χ0n) is 16.2. The van der Waals surface area contributed by atoms with E-state index in [1.807, 2.05) is 24.3 Å². The summed E-state index contributed by atoms with van der Waals surface area (Å²) >= 11 is 3.41. The molecule has 1 aromatic carbocycles. The Bertz CT molecular complexity index is 883. The first-order valence-corrected chi connectivity index (χ1v) is 10.9. The Kier molecular flexibility index (Phi) is 6.08. The van der Waals surface area contributed by atoms with Gasteiger partial charge in [0.2, 0.25) is 11.9 Å². The first-order chi connectivity index (χ1) is 14.1. The summed E-state index contributed by atoms with van der Waals surface area (Å²) in [6.07, 6.45) is 6.51. The zero-order valence-corrected chi connectivity index (χ0v) is 17.8. The summed E-state index contributed by atoms with van der Waals surface area (Å²) in [5, 5.41) is 2.88. The average molecular weight is 458 g/mol. The van der Waals surface area contributed by atoms with E-state index in [0.717, 1.165) is 42.5 Å². The van der Waals surface area contributed by atoms with Gasteiger partial charge < -0.3 is 15.1 Å². The van der Waals surface area contributed by atoms with Gasteiger partial charge >= 0.3 is 0 Å². The molecule has 2 fully saturated rings. The lowest BCUT2D eigenvalue weighted by Crippen LogP contribution is -2.52. The standard InChI is InChI=1S/C21H24BrN5O2/c22-15-6-8-16(9-7-15)27-14-4-5-18(20(27)29)24-19(28)17-10-11-23-21(25-17)26-12-2-1-3-13-26/h6-11,18H,1-5,12-14H2,(H,24,28). The summed E-state index contributed by atoms with van der Waals surface area (Å²) in [5.74, 6) is 0.169. The van der Waals surface area contributed by atoms with Gasteiger partial charge in [-0.2, -0.15) is 0 Å². The molecule has 1 aromatic heterocycles. The monoisotopic (exact) mass is 457 g/mol. The molecule has 1 N–H and O–H groups in total. The second kappa shape index (κ2) is 8.90. The van der Waals surface area contributed by atoms with Crippen LogP contribution in [-0.4, -0.2) is 47.5 Å². The van der Waals surface area contributed by atoms with Crippen molar-refractivity contribution in [3.8, 4) is 0 Å². The fourth-order valence-corrected chi connectivity index (χ4v) is 4.10. The number of hydrogen-bond donors (Lipinski definition) is 1. The highest BCUT2D eigenvalue weighted by Crippen LogP contribution is 2.23. The van der Waals surface area contributed by atoms with Crippen LogP contribution in [0.3, 0.4) is 0 Å². The van der Waals surface area contributed by atoms with Gasteiger partial charge in [0.05, 0.1) is 0 Å². The number of piperidine rings is 2. The molecular weight excluding hydrogens is 434 g/mol. The predicted molar refractivity (Wildman–Crippen MR) is 115 cm³/mol. The molecule has 2 aromatic rings. The molecule has 1 unspecified atom stereocenters. The molecule has 2 aliphatic heterocycles. The number of benzene rings is 1. The smallest absolute Gasteiger partial charge is 0.270 e. The second-order valence-electron chi connectivity index (χ2n) is 7.42. The Morgan fingerprint density at radius 1 is 1.03 bits per heavy atom. The minimum Gasteiger partial charge on any atom is -0.341 e. The second-order valence-corrected chi connectivity index (χ2v) is 8.34. The predicted octanol–water partition coefficient (Wildman–Crippen LogP) is 3.15. The van der Waals surface area contributed by atoms with Crippen molar-refractivity contribution in [3.63, 3.8) is 0 Å². The molecule has 0 bridgehead atoms. The topological polar surface area (TPSA) is 78.4 Å². The van der Waals surface area contributed by atoms with E-state index in [1.54, 1.807) is 17.2 Å². The number of carbonyl (C=O) groups is 2. The number of amides is 2. The lowest BCUT2D eigenvalue weighted by molar-refractivity contribution is -0.121. The van der Waals surface area contributed by atoms with Crippen molar-refractivity contribution in [2.24, 2.45) is 0 Å². The average Bonchev–Trinajstić information content (AvgIpc) is 2.77. The Hall–Kier alpha value is -2.48. The Labute approximate surface area is 178 Å². The van der Waals surface area contributed by atoms with Gasteiger partial charge in [0.25, 0.3) is 5.91 Å². The van der Waals surface area contributed by atoms with E-state index in [1.165, 1.54) is 6.42 Å². The van der Waals surface area contributed by atoms with Gasteiger partial charge in [-0.3, -0.25) is 9.59 Å². The van der Waals surface area contributed by atoms with E-state index >= 15 is 0 Å². The molecule has 152 valence electrons. The van der Waals surface area contributed by atoms with E-state index in [0.29, 0.717) is 24.6 Å². The van der Waals surface area contributed by atoms with E-state index in [9.17, 15) is 9.59 Å². The van der Waals surface area contributed by atoms with Crippen molar-refractivity contribution < 1.29 is 9.59 Å². The highest BCUT2D eigenvalue weighted by atomic mass is 79.9. The maximum Gasteiger partial charge on any atom is 0.270 e. The summed E-state index contributed by atoms with van der Waals surface area (Å²) < 4.78 is 0.962. The molecule has 2 amide bonds. The van der Waals surface area contributed by atoms with Crippen LogP contribution in [0, 0.1) is 0 Å². The van der Waals surface area contributed by atoms with Crippen LogP contribution in [0.25, 0.3) is 0 Å². The lowest BCUT2D eigenvalue weighted by Gasteiger charge is -2.32. The number of carbonyl (C=O) groups excluding carboxylic acids is 2. The van der Waals surface area contributed by atoms with E-state index in [4.69, 9.17) is 0 Å². The van der Waals surface area contributed by atoms with Crippen LogP contribution in [0.4, 0.5) is 11.6 Å². The third-order valence-corrected chi connectivity index (χ3v) is 5.93. The number of hydrogen-bond acceptors (Lipinski definition) is 5. The van der Waals surface area contributed by atoms with Crippen molar-refractivity contribution >= 4 is 39.4 Å². The normalized spacial score (nSPS) is 19.9. The van der Waals surface area contributed by atoms with Crippen molar-refractivity contribution in [1.82, 2.24) is 15.3 Å². The van der Waals surface area contributed by atoms with Gasteiger partial charge in [-0.15, -0.1) is 0 Å². The van der Waals surface area contributed by atoms with Crippen molar-refractivity contribution in [2.75, 3.05) is 29.4 Å². The van der Waals surface area contributed by atoms with Gasteiger partial charge in [-0.1, -0.05) is 15.9 Å². The summed E-state index contributed by atoms with van der Waals surface area (Å²) in [4.78, 5) is 38.4. The molecule has 2 saturated heterocycles. The van der Waals surface area contributed by atoms with Gasteiger partial charge in [0, 0.05) is 36.0 Å². The third kappa shape index (κ3) is 4.58. The van der Waals surface area contributed by atoms with Crippen LogP contribution in [0.15, 0.2) is 41.0 Å². The quantitative estimate of drug-likeness (QED) is 0.762. The van der Waals surface area contributed by atoms with Crippen LogP contribution >= 0.6 is 15.9 Å². The van der Waals surface area contributed by atoms with Crippen molar-refractivity contribution in [3.05, 3.63) is 46.7 Å². The van der Waals surface area contributed by atoms with E-state index in [-0.39, 0.29) is 11.8 Å². The highest BCUT2D eigenvalue weighted by molar-refractivity contribution is 9.10. The van der Waals surface area contributed by atoms with Crippen LogP contribution in [0.2, 0.25) is 0 Å². The largest absolute Gasteiger partial charge is 0.341 e. The first-order valence-electron chi connectivity index (χ1n) is 10.1. The van der Waals surface area contributed by atoms with Crippen molar-refractivity contribution in [1.29, 1.82) is 0 Å². The van der Waals surface area contributed by atoms with Crippen LogP contribution < -0.4 is 15.1 Å². The molecule has 7 nitrogen and oxygen atoms in total. The molecule has 8 heteroatoms. The number of halogens is 1. The molecule has 3 heterocycles. The summed E-state index contributed by atoms with van der Waals surface area (Å²) in [6.45, 7) is 2.47. The maximum atomic E-state index is 13.0. The number of anilines is 2. The Morgan fingerprint density at radius 2 is 1.79 bits per heavy atom. The minimum absolute atomic E-state index is 0.0859. The van der Waals surface area contributed by atoms with Gasteiger partial charge in [0.1, 0.15) is 11.7 Å². The fourth-order valence-electron chi connectivity index (χ4n) is 3.84. The minimum atomic E-state index is -0.548. The number of nitrogens with zero attached hydrogens (tertiary/aromatic N) is 4. The number of nitrogens with one attached hydrogen (secondary N) is 1. The molecule has 0 aliphatic carbocycles. The van der Waals surface area contributed by atoms with Crippen molar-refractivity contribution in [2.45, 2.75) is 38.1 Å². The molecule has 0 saturated carbocycles. The van der Waals surface area contributed by atoms with E-state index in [2.05, 4.69) is 36.1 Å². The zero-order chi connectivity index (χ0) is 20.2. The molecule has 2 aliphatic rings. The maximum absolute atomic E-state index is 13.0. The number of rotatable bonds is 4. The molecule has 4 rings (SSSR count). The summed E-state index contributed by atoms with van der Waals surface area (Å²) in [5.41, 5.74) is 1.14. The lowest BCUT2D eigenvalue weighted by atomic mass is 10.0. The summed E-state index contributed by atoms with van der Waals surface area (Å²) in [6, 6.07) is 8.68. The van der Waals surface area contributed by atoms with Crippen LogP contribution in [0.1, 0.15) is 42.6 Å². The van der Waals surface area contributed by atoms with Crippen LogP contribution in [0.5, 0.6) is 0 Å². The molecule has 29 heavy (non-hydrogen) atoms. The van der Waals surface area contributed by atoms with Gasteiger partial charge in [-0.05, 0) is 62.4 Å². The third-order valence-electron chi connectivity index (χ3n) is 5.40.